The van der Waals surface area contributed by atoms with Crippen molar-refractivity contribution in [3.8, 4) is 39.9 Å². The second kappa shape index (κ2) is 12.1. The lowest BCUT2D eigenvalue weighted by Gasteiger charge is -2.14. The molecule has 0 saturated carbocycles. The van der Waals surface area contributed by atoms with Crippen LogP contribution in [-0.2, 0) is 19.4 Å². The van der Waals surface area contributed by atoms with E-state index in [1.54, 1.807) is 27.4 Å². The normalized spacial score (nSPS) is 10.6. The zero-order valence-electron chi connectivity index (χ0n) is 21.2. The number of hydrogen-bond donors (Lipinski definition) is 1. The Morgan fingerprint density at radius 1 is 0.622 bits per heavy atom. The molecule has 0 fully saturated rings. The van der Waals surface area contributed by atoms with Crippen molar-refractivity contribution in [2.45, 2.75) is 19.4 Å². The van der Waals surface area contributed by atoms with Gasteiger partial charge in [0.15, 0.2) is 17.8 Å². The van der Waals surface area contributed by atoms with Crippen LogP contribution in [0.15, 0.2) is 78.9 Å². The van der Waals surface area contributed by atoms with Crippen molar-refractivity contribution in [3.63, 3.8) is 0 Å². The van der Waals surface area contributed by atoms with Gasteiger partial charge < -0.3 is 24.1 Å². The number of aryl methyl sites for hydroxylation is 2. The van der Waals surface area contributed by atoms with E-state index in [0.29, 0.717) is 34.3 Å². The molecule has 0 heterocycles. The Hall–Kier alpha value is -4.29. The minimum Gasteiger partial charge on any atom is -0.497 e. The molecule has 6 heteroatoms. The van der Waals surface area contributed by atoms with Crippen molar-refractivity contribution in [2.75, 3.05) is 21.3 Å². The predicted octanol–water partition coefficient (Wildman–Crippen LogP) is 6.26. The molecule has 0 spiro atoms. The Kier molecular flexibility index (Phi) is 8.44. The van der Waals surface area contributed by atoms with E-state index in [2.05, 4.69) is 6.07 Å². The topological polar surface area (TPSA) is 74.2 Å². The van der Waals surface area contributed by atoms with Crippen LogP contribution in [0.4, 0.5) is 0 Å². The highest BCUT2D eigenvalue weighted by molar-refractivity contribution is 5.90. The summed E-state index contributed by atoms with van der Waals surface area (Å²) >= 11 is 0. The van der Waals surface area contributed by atoms with Gasteiger partial charge >= 0.3 is 0 Å². The lowest BCUT2D eigenvalue weighted by atomic mass is 9.96. The van der Waals surface area contributed by atoms with Gasteiger partial charge in [0.2, 0.25) is 0 Å². The summed E-state index contributed by atoms with van der Waals surface area (Å²) in [5.74, 6) is 3.28. The number of methoxy groups -OCH3 is 3. The zero-order valence-corrected chi connectivity index (χ0v) is 21.2. The van der Waals surface area contributed by atoms with E-state index in [1.807, 2.05) is 66.7 Å². The molecule has 6 nitrogen and oxygen atoms in total. The van der Waals surface area contributed by atoms with Crippen LogP contribution in [0.25, 0.3) is 11.1 Å². The summed E-state index contributed by atoms with van der Waals surface area (Å²) in [4.78, 5) is 11.7. The van der Waals surface area contributed by atoms with Gasteiger partial charge in [-0.2, -0.15) is 0 Å². The maximum absolute atomic E-state index is 11.7. The molecular weight excluding hydrogens is 468 g/mol. The average molecular weight is 499 g/mol. The van der Waals surface area contributed by atoms with Crippen LogP contribution in [0, 0.1) is 0 Å². The monoisotopic (exact) mass is 498 g/mol. The Morgan fingerprint density at radius 3 is 1.84 bits per heavy atom. The average Bonchev–Trinajstić information content (AvgIpc) is 2.96. The third-order valence-corrected chi connectivity index (χ3v) is 6.21. The smallest absolute Gasteiger partial charge is 0.169 e. The van der Waals surface area contributed by atoms with E-state index < -0.39 is 0 Å². The minimum absolute atomic E-state index is 0.0107. The Morgan fingerprint density at radius 2 is 1.22 bits per heavy atom. The number of ether oxygens (including phenoxy) is 4. The van der Waals surface area contributed by atoms with Gasteiger partial charge in [0, 0.05) is 11.1 Å². The molecule has 0 aromatic heterocycles. The Balaban J connectivity index is 1.52. The summed E-state index contributed by atoms with van der Waals surface area (Å²) < 4.78 is 22.5. The summed E-state index contributed by atoms with van der Waals surface area (Å²) in [7, 11) is 4.82. The van der Waals surface area contributed by atoms with Crippen LogP contribution in [0.5, 0.6) is 28.7 Å². The van der Waals surface area contributed by atoms with Gasteiger partial charge in [0.05, 0.1) is 27.9 Å². The molecular formula is C31H30O6. The van der Waals surface area contributed by atoms with Crippen LogP contribution in [0.3, 0.4) is 0 Å². The first-order valence-corrected chi connectivity index (χ1v) is 11.9. The van der Waals surface area contributed by atoms with E-state index in [4.69, 9.17) is 18.9 Å². The van der Waals surface area contributed by atoms with Gasteiger partial charge in [-0.1, -0.05) is 30.3 Å². The highest BCUT2D eigenvalue weighted by Crippen LogP contribution is 2.36. The summed E-state index contributed by atoms with van der Waals surface area (Å²) in [6.45, 7) is -0.0107. The number of hydrogen-bond acceptors (Lipinski definition) is 6. The number of aliphatic hydroxyl groups is 1. The maximum atomic E-state index is 11.7. The highest BCUT2D eigenvalue weighted by atomic mass is 16.5. The van der Waals surface area contributed by atoms with Gasteiger partial charge in [-0.15, -0.1) is 0 Å². The first-order chi connectivity index (χ1) is 18.1. The van der Waals surface area contributed by atoms with E-state index in [-0.39, 0.29) is 6.61 Å². The van der Waals surface area contributed by atoms with E-state index in [1.165, 1.54) is 0 Å². The molecule has 0 saturated heterocycles. The predicted molar refractivity (Wildman–Crippen MR) is 143 cm³/mol. The van der Waals surface area contributed by atoms with Crippen LogP contribution < -0.4 is 18.9 Å². The fraction of sp³-hybridized carbons (Fsp3) is 0.194. The van der Waals surface area contributed by atoms with Gasteiger partial charge in [0.25, 0.3) is 0 Å². The van der Waals surface area contributed by atoms with Crippen LogP contribution in [0.2, 0.25) is 0 Å². The van der Waals surface area contributed by atoms with Gasteiger partial charge in [-0.25, -0.2) is 0 Å². The standard InChI is InChI=1S/C31H30O6/c1-34-26-12-14-27(24(18-26)20-33)28-13-8-21(16-30(28)36-3)4-5-22-9-15-29(35-2)31(17-22)37-25-10-6-23(19-32)7-11-25/h6-18,20,32H,4-5,19H2,1-3H3. The van der Waals surface area contributed by atoms with Gasteiger partial charge in [-0.3, -0.25) is 4.79 Å². The highest BCUT2D eigenvalue weighted by Gasteiger charge is 2.13. The second-order valence-corrected chi connectivity index (χ2v) is 8.50. The summed E-state index contributed by atoms with van der Waals surface area (Å²) in [6.07, 6.45) is 2.40. The fourth-order valence-electron chi connectivity index (χ4n) is 4.16. The number of benzene rings is 4. The molecule has 37 heavy (non-hydrogen) atoms. The first-order valence-electron chi connectivity index (χ1n) is 11.9. The largest absolute Gasteiger partial charge is 0.497 e. The lowest BCUT2D eigenvalue weighted by molar-refractivity contribution is 0.112. The molecule has 0 unspecified atom stereocenters. The molecule has 1 N–H and O–H groups in total. The van der Waals surface area contributed by atoms with Crippen LogP contribution >= 0.6 is 0 Å². The van der Waals surface area contributed by atoms with Crippen molar-refractivity contribution in [2.24, 2.45) is 0 Å². The number of carbonyl (C=O) groups is 1. The SMILES string of the molecule is COc1ccc(-c2ccc(CCc3ccc(OC)c(Oc4ccc(CO)cc4)c3)cc2OC)c(C=O)c1. The molecule has 0 bridgehead atoms. The van der Waals surface area contributed by atoms with Crippen molar-refractivity contribution >= 4 is 6.29 Å². The number of rotatable bonds is 11. The molecule has 190 valence electrons. The van der Waals surface area contributed by atoms with E-state index in [9.17, 15) is 9.90 Å². The summed E-state index contributed by atoms with van der Waals surface area (Å²) in [6, 6.07) is 24.7. The maximum Gasteiger partial charge on any atom is 0.169 e. The molecule has 4 aromatic rings. The second-order valence-electron chi connectivity index (χ2n) is 8.50. The number of aliphatic hydroxyl groups excluding tert-OH is 1. The molecule has 0 amide bonds. The van der Waals surface area contributed by atoms with Crippen LogP contribution in [0.1, 0.15) is 27.0 Å². The van der Waals surface area contributed by atoms with Gasteiger partial charge in [0.1, 0.15) is 17.2 Å². The minimum atomic E-state index is -0.0107. The van der Waals surface area contributed by atoms with Crippen LogP contribution in [-0.4, -0.2) is 32.7 Å². The quantitative estimate of drug-likeness (QED) is 0.246. The van der Waals surface area contributed by atoms with Gasteiger partial charge in [-0.05, 0) is 83.6 Å². The molecule has 0 aliphatic carbocycles. The zero-order chi connectivity index (χ0) is 26.2. The molecule has 4 rings (SSSR count). The van der Waals surface area contributed by atoms with Crippen molar-refractivity contribution in [1.82, 2.24) is 0 Å². The fourth-order valence-corrected chi connectivity index (χ4v) is 4.16. The summed E-state index contributed by atoms with van der Waals surface area (Å²) in [5.41, 5.74) is 5.22. The molecule has 0 atom stereocenters. The van der Waals surface area contributed by atoms with E-state index >= 15 is 0 Å². The molecule has 4 aromatic carbocycles. The Bertz CT molecular complexity index is 1360. The number of aldehydes is 1. The van der Waals surface area contributed by atoms with Crippen molar-refractivity contribution in [3.05, 3.63) is 101 Å². The molecule has 0 aliphatic heterocycles. The number of carbonyl (C=O) groups excluding carboxylic acids is 1. The molecule has 0 radical (unpaired) electrons. The third-order valence-electron chi connectivity index (χ3n) is 6.21. The molecule has 0 aliphatic rings. The Labute approximate surface area is 217 Å². The lowest BCUT2D eigenvalue weighted by Crippen LogP contribution is -1.97. The first kappa shape index (κ1) is 25.8. The summed E-state index contributed by atoms with van der Waals surface area (Å²) in [5, 5.41) is 9.25. The van der Waals surface area contributed by atoms with Crippen molar-refractivity contribution in [1.29, 1.82) is 0 Å². The van der Waals surface area contributed by atoms with E-state index in [0.717, 1.165) is 46.9 Å². The van der Waals surface area contributed by atoms with Crippen molar-refractivity contribution < 1.29 is 28.8 Å². The third kappa shape index (κ3) is 6.11.